The molecule has 0 radical (unpaired) electrons. The standard InChI is InChI=1S/C28H29N3O4S.CH4/c1-16-25-19(15-35-3)7-8-21(17(2)32)27(25)36-26(16)28(34)30-24-10-9-22-18(5-4-6-23(22)29-24)13-31-12-11-20(33)14-31;/h4-10,20,33H,11-15H2,1-3H3,(H,29,30,34);1H4/t20-;/m0./s1. The van der Waals surface area contributed by atoms with E-state index in [0.29, 0.717) is 29.4 Å². The van der Waals surface area contributed by atoms with Crippen molar-refractivity contribution in [3.8, 4) is 0 Å². The first-order chi connectivity index (χ1) is 17.4. The molecule has 3 heterocycles. The van der Waals surface area contributed by atoms with E-state index >= 15 is 0 Å². The number of carbonyl (C=O) groups excluding carboxylic acids is 2. The number of pyridine rings is 1. The minimum Gasteiger partial charge on any atom is -0.392 e. The lowest BCUT2D eigenvalue weighted by Gasteiger charge is -2.16. The second-order valence-electron chi connectivity index (χ2n) is 9.33. The lowest BCUT2D eigenvalue weighted by Crippen LogP contribution is -2.21. The zero-order chi connectivity index (χ0) is 25.4. The number of likely N-dealkylation sites (tertiary alicyclic amines) is 1. The number of aryl methyl sites for hydroxylation is 1. The first kappa shape index (κ1) is 26.9. The first-order valence-corrected chi connectivity index (χ1v) is 12.8. The van der Waals surface area contributed by atoms with Crippen molar-refractivity contribution in [2.24, 2.45) is 0 Å². The van der Waals surface area contributed by atoms with Crippen LogP contribution in [-0.2, 0) is 17.9 Å². The Morgan fingerprint density at radius 2 is 2.00 bits per heavy atom. The first-order valence-electron chi connectivity index (χ1n) is 12.0. The second-order valence-corrected chi connectivity index (χ2v) is 10.4. The van der Waals surface area contributed by atoms with E-state index in [1.165, 1.54) is 11.3 Å². The van der Waals surface area contributed by atoms with Crippen LogP contribution in [0.3, 0.4) is 0 Å². The highest BCUT2D eigenvalue weighted by Crippen LogP contribution is 2.37. The van der Waals surface area contributed by atoms with Crippen molar-refractivity contribution >= 4 is 49.8 Å². The summed E-state index contributed by atoms with van der Waals surface area (Å²) in [6, 6.07) is 13.5. The Bertz CT molecular complexity index is 1480. The fourth-order valence-corrected chi connectivity index (χ4v) is 6.31. The fraction of sp³-hybridized carbons (Fsp3) is 0.345. The molecule has 1 aliphatic heterocycles. The monoisotopic (exact) mass is 519 g/mol. The van der Waals surface area contributed by atoms with Gasteiger partial charge in [-0.15, -0.1) is 11.3 Å². The lowest BCUT2D eigenvalue weighted by molar-refractivity contribution is 0.101. The summed E-state index contributed by atoms with van der Waals surface area (Å²) in [6.45, 7) is 6.17. The molecular weight excluding hydrogens is 486 g/mol. The van der Waals surface area contributed by atoms with Crippen LogP contribution in [0.25, 0.3) is 21.0 Å². The number of hydrogen-bond donors (Lipinski definition) is 2. The quantitative estimate of drug-likeness (QED) is 0.311. The number of aromatic nitrogens is 1. The van der Waals surface area contributed by atoms with Crippen molar-refractivity contribution in [1.29, 1.82) is 0 Å². The SMILES string of the molecule is C.COCc1ccc(C(C)=O)c2sc(C(=O)Nc3ccc4c(CN5CC[C@H](O)C5)cccc4n3)c(C)c12. The highest BCUT2D eigenvalue weighted by molar-refractivity contribution is 7.21. The van der Waals surface area contributed by atoms with E-state index in [-0.39, 0.29) is 25.2 Å². The number of Topliss-reactive ketones (excluding diaryl/α,β-unsaturated/α-hetero) is 1. The molecule has 0 spiro atoms. The molecule has 7 nitrogen and oxygen atoms in total. The molecule has 0 aliphatic carbocycles. The Balaban J connectivity index is 0.00000320. The van der Waals surface area contributed by atoms with Crippen LogP contribution in [0.2, 0.25) is 0 Å². The summed E-state index contributed by atoms with van der Waals surface area (Å²) in [7, 11) is 1.63. The number of aliphatic hydroxyl groups excluding tert-OH is 1. The molecule has 5 rings (SSSR count). The number of β-amino-alcohol motifs (C(OH)–C–C–N with tert-alkyl or cyclic N) is 1. The maximum Gasteiger partial charge on any atom is 0.267 e. The predicted molar refractivity (Wildman–Crippen MR) is 150 cm³/mol. The normalized spacial score (nSPS) is 15.7. The van der Waals surface area contributed by atoms with Gasteiger partial charge in [-0.3, -0.25) is 14.5 Å². The number of thiophene rings is 1. The molecule has 2 aromatic heterocycles. The largest absolute Gasteiger partial charge is 0.392 e. The summed E-state index contributed by atoms with van der Waals surface area (Å²) in [4.78, 5) is 33.1. The third-order valence-electron chi connectivity index (χ3n) is 6.75. The molecule has 0 saturated carbocycles. The number of anilines is 1. The summed E-state index contributed by atoms with van der Waals surface area (Å²) in [5.41, 5.74) is 4.35. The van der Waals surface area contributed by atoms with E-state index in [2.05, 4.69) is 16.3 Å². The van der Waals surface area contributed by atoms with Crippen molar-refractivity contribution in [1.82, 2.24) is 9.88 Å². The third kappa shape index (κ3) is 5.29. The van der Waals surface area contributed by atoms with Crippen LogP contribution in [0.4, 0.5) is 5.82 Å². The van der Waals surface area contributed by atoms with Gasteiger partial charge in [0.15, 0.2) is 5.78 Å². The van der Waals surface area contributed by atoms with Crippen LogP contribution in [0.5, 0.6) is 0 Å². The van der Waals surface area contributed by atoms with E-state index in [9.17, 15) is 14.7 Å². The van der Waals surface area contributed by atoms with E-state index in [0.717, 1.165) is 57.2 Å². The number of aliphatic hydroxyl groups is 1. The minimum atomic E-state index is -0.255. The molecule has 0 bridgehead atoms. The number of nitrogens with zero attached hydrogens (tertiary/aromatic N) is 2. The summed E-state index contributed by atoms with van der Waals surface area (Å²) < 4.78 is 6.16. The summed E-state index contributed by atoms with van der Waals surface area (Å²) in [6.07, 6.45) is 0.548. The topological polar surface area (TPSA) is 91.8 Å². The van der Waals surface area contributed by atoms with Crippen LogP contribution < -0.4 is 5.32 Å². The van der Waals surface area contributed by atoms with Crippen molar-refractivity contribution in [2.45, 2.75) is 47.0 Å². The Morgan fingerprint density at radius 1 is 1.19 bits per heavy atom. The van der Waals surface area contributed by atoms with Crippen molar-refractivity contribution in [3.63, 3.8) is 0 Å². The van der Waals surface area contributed by atoms with Crippen molar-refractivity contribution < 1.29 is 19.4 Å². The molecule has 194 valence electrons. The molecule has 8 heteroatoms. The summed E-state index contributed by atoms with van der Waals surface area (Å²) >= 11 is 1.33. The fourth-order valence-electron chi connectivity index (χ4n) is 5.00. The number of carbonyl (C=O) groups is 2. The molecule has 2 N–H and O–H groups in total. The molecule has 0 unspecified atom stereocenters. The van der Waals surface area contributed by atoms with Crippen LogP contribution in [-0.4, -0.2) is 53.0 Å². The number of ketones is 1. The maximum atomic E-state index is 13.3. The van der Waals surface area contributed by atoms with Gasteiger partial charge >= 0.3 is 0 Å². The van der Waals surface area contributed by atoms with Gasteiger partial charge in [0.25, 0.3) is 5.91 Å². The number of rotatable bonds is 7. The molecule has 1 atom stereocenters. The molecular formula is C29H33N3O4S. The Hall–Kier alpha value is -3.17. The maximum absolute atomic E-state index is 13.3. The zero-order valence-electron chi connectivity index (χ0n) is 20.6. The highest BCUT2D eigenvalue weighted by atomic mass is 32.1. The Kier molecular flexibility index (Phi) is 8.04. The van der Waals surface area contributed by atoms with E-state index in [1.807, 2.05) is 43.3 Å². The van der Waals surface area contributed by atoms with Crippen LogP contribution in [0.1, 0.15) is 57.5 Å². The van der Waals surface area contributed by atoms with Gasteiger partial charge in [-0.05, 0) is 61.2 Å². The number of hydrogen-bond acceptors (Lipinski definition) is 7. The van der Waals surface area contributed by atoms with Crippen LogP contribution in [0, 0.1) is 6.92 Å². The van der Waals surface area contributed by atoms with Gasteiger partial charge in [0.1, 0.15) is 5.82 Å². The zero-order valence-corrected chi connectivity index (χ0v) is 21.4. The number of methoxy groups -OCH3 is 1. The van der Waals surface area contributed by atoms with Gasteiger partial charge in [-0.2, -0.15) is 0 Å². The predicted octanol–water partition coefficient (Wildman–Crippen LogP) is 5.56. The van der Waals surface area contributed by atoms with Gasteiger partial charge in [-0.1, -0.05) is 25.6 Å². The molecule has 1 amide bonds. The average Bonchev–Trinajstić information content (AvgIpc) is 3.42. The Morgan fingerprint density at radius 3 is 2.70 bits per heavy atom. The number of nitrogens with one attached hydrogen (secondary N) is 1. The van der Waals surface area contributed by atoms with Gasteiger partial charge in [0.2, 0.25) is 0 Å². The molecule has 4 aromatic rings. The van der Waals surface area contributed by atoms with Gasteiger partial charge in [0, 0.05) is 47.8 Å². The second kappa shape index (κ2) is 11.1. The van der Waals surface area contributed by atoms with Gasteiger partial charge in [0.05, 0.1) is 23.1 Å². The summed E-state index contributed by atoms with van der Waals surface area (Å²) in [5, 5.41) is 14.7. The number of fused-ring (bicyclic) bond motifs is 2. The van der Waals surface area contributed by atoms with Gasteiger partial charge in [-0.25, -0.2) is 4.98 Å². The van der Waals surface area contributed by atoms with Crippen molar-refractivity contribution in [2.75, 3.05) is 25.5 Å². The number of amides is 1. The van der Waals surface area contributed by atoms with Crippen LogP contribution in [0.15, 0.2) is 42.5 Å². The van der Waals surface area contributed by atoms with E-state index in [4.69, 9.17) is 9.72 Å². The molecule has 1 aliphatic rings. The highest BCUT2D eigenvalue weighted by Gasteiger charge is 2.23. The molecule has 1 fully saturated rings. The third-order valence-corrected chi connectivity index (χ3v) is 8.08. The molecule has 37 heavy (non-hydrogen) atoms. The van der Waals surface area contributed by atoms with Crippen LogP contribution >= 0.6 is 11.3 Å². The Labute approximate surface area is 221 Å². The minimum absolute atomic E-state index is 0. The smallest absolute Gasteiger partial charge is 0.267 e. The lowest BCUT2D eigenvalue weighted by atomic mass is 10.0. The summed E-state index contributed by atoms with van der Waals surface area (Å²) in [5.74, 6) is 0.190. The molecule has 1 saturated heterocycles. The van der Waals surface area contributed by atoms with E-state index in [1.54, 1.807) is 14.0 Å². The number of ether oxygens (including phenoxy) is 1. The van der Waals surface area contributed by atoms with Crippen molar-refractivity contribution in [3.05, 3.63) is 69.6 Å². The number of benzene rings is 2. The molecule has 2 aromatic carbocycles. The average molecular weight is 520 g/mol. The van der Waals surface area contributed by atoms with Gasteiger partial charge < -0.3 is 15.2 Å². The van der Waals surface area contributed by atoms with E-state index < -0.39 is 0 Å².